The van der Waals surface area contributed by atoms with Gasteiger partial charge in [0.25, 0.3) is 0 Å². The van der Waals surface area contributed by atoms with Crippen LogP contribution in [0.3, 0.4) is 0 Å². The van der Waals surface area contributed by atoms with E-state index in [1.54, 1.807) is 37.3 Å². The lowest BCUT2D eigenvalue weighted by Crippen LogP contribution is -2.38. The maximum Gasteiger partial charge on any atom is 0.310 e. The zero-order valence-electron chi connectivity index (χ0n) is 16.9. The Balaban J connectivity index is 1.57. The Morgan fingerprint density at radius 2 is 2.17 bits per heavy atom. The van der Waals surface area contributed by atoms with Crippen LogP contribution in [0.15, 0.2) is 40.9 Å². The van der Waals surface area contributed by atoms with Gasteiger partial charge in [0.1, 0.15) is 11.6 Å². The van der Waals surface area contributed by atoms with Crippen LogP contribution < -0.4 is 0 Å². The molecule has 0 aliphatic carbocycles. The van der Waals surface area contributed by atoms with Crippen LogP contribution in [-0.2, 0) is 22.5 Å². The van der Waals surface area contributed by atoms with E-state index in [2.05, 4.69) is 10.1 Å². The Labute approximate surface area is 174 Å². The summed E-state index contributed by atoms with van der Waals surface area (Å²) in [4.78, 5) is 14.2. The molecule has 1 fully saturated rings. The summed E-state index contributed by atoms with van der Waals surface area (Å²) in [5, 5.41) is 15.4. The van der Waals surface area contributed by atoms with Gasteiger partial charge in [0, 0.05) is 24.9 Å². The minimum atomic E-state index is -0.286. The van der Waals surface area contributed by atoms with Crippen LogP contribution >= 0.6 is 0 Å². The summed E-state index contributed by atoms with van der Waals surface area (Å²) < 4.78 is 24.8. The quantitative estimate of drug-likeness (QED) is 0.616. The SMILES string of the molecule is CCOC(=O)C1CCCN(Cc2c(O)ccc3c(Cc4ccccc4F)noc23)C1. The molecule has 7 heteroatoms. The second-order valence-corrected chi connectivity index (χ2v) is 7.66. The number of ether oxygens (including phenoxy) is 1. The van der Waals surface area contributed by atoms with E-state index in [-0.39, 0.29) is 23.5 Å². The largest absolute Gasteiger partial charge is 0.507 e. The molecule has 3 aromatic rings. The number of fused-ring (bicyclic) bond motifs is 1. The van der Waals surface area contributed by atoms with Gasteiger partial charge in [0.15, 0.2) is 5.58 Å². The van der Waals surface area contributed by atoms with E-state index >= 15 is 0 Å². The Kier molecular flexibility index (Phi) is 5.99. The summed E-state index contributed by atoms with van der Waals surface area (Å²) in [5.74, 6) is -0.497. The number of piperidine rings is 1. The highest BCUT2D eigenvalue weighted by molar-refractivity contribution is 5.84. The zero-order chi connectivity index (χ0) is 21.1. The summed E-state index contributed by atoms with van der Waals surface area (Å²) in [6, 6.07) is 9.95. The van der Waals surface area contributed by atoms with E-state index in [1.807, 2.05) is 0 Å². The predicted octanol–water partition coefficient (Wildman–Crippen LogP) is 4.04. The summed E-state index contributed by atoms with van der Waals surface area (Å²) in [5.41, 5.74) is 2.29. The number of likely N-dealkylation sites (tertiary alicyclic amines) is 1. The number of carbonyl (C=O) groups excluding carboxylic acids is 1. The monoisotopic (exact) mass is 412 g/mol. The van der Waals surface area contributed by atoms with E-state index < -0.39 is 0 Å². The van der Waals surface area contributed by atoms with Crippen molar-refractivity contribution in [3.63, 3.8) is 0 Å². The molecule has 1 aliphatic rings. The van der Waals surface area contributed by atoms with Crippen molar-refractivity contribution in [3.8, 4) is 5.75 Å². The second kappa shape index (κ2) is 8.83. The smallest absolute Gasteiger partial charge is 0.310 e. The van der Waals surface area contributed by atoms with Crippen molar-refractivity contribution in [3.05, 3.63) is 59.0 Å². The van der Waals surface area contributed by atoms with Gasteiger partial charge in [-0.15, -0.1) is 0 Å². The Morgan fingerprint density at radius 1 is 1.33 bits per heavy atom. The number of aromatic hydroxyl groups is 1. The third-order valence-corrected chi connectivity index (χ3v) is 5.62. The Morgan fingerprint density at radius 3 is 2.97 bits per heavy atom. The van der Waals surface area contributed by atoms with Gasteiger partial charge in [-0.2, -0.15) is 0 Å². The number of benzene rings is 2. The fourth-order valence-corrected chi connectivity index (χ4v) is 4.08. The fraction of sp³-hybridized carbons (Fsp3) is 0.391. The molecule has 1 atom stereocenters. The van der Waals surface area contributed by atoms with Crippen LogP contribution in [0.4, 0.5) is 4.39 Å². The minimum Gasteiger partial charge on any atom is -0.507 e. The average molecular weight is 412 g/mol. The molecule has 4 rings (SSSR count). The summed E-state index contributed by atoms with van der Waals surface area (Å²) in [7, 11) is 0. The lowest BCUT2D eigenvalue weighted by molar-refractivity contribution is -0.150. The van der Waals surface area contributed by atoms with Crippen molar-refractivity contribution < 1.29 is 23.6 Å². The summed E-state index contributed by atoms with van der Waals surface area (Å²) in [6.07, 6.45) is 1.99. The molecular formula is C23H25FN2O4. The third-order valence-electron chi connectivity index (χ3n) is 5.62. The third kappa shape index (κ3) is 4.16. The Hall–Kier alpha value is -2.93. The standard InChI is InChI=1S/C23H25FN2O4/c1-2-29-23(28)16-7-5-11-26(13-16)14-18-21(27)10-9-17-20(25-30-22(17)18)12-15-6-3-4-8-19(15)24/h3-4,6,8-10,16,27H,2,5,7,11-14H2,1H3. The van der Waals surface area contributed by atoms with Gasteiger partial charge >= 0.3 is 5.97 Å². The number of rotatable bonds is 6. The minimum absolute atomic E-state index is 0.120. The Bertz CT molecular complexity index is 1050. The molecular weight excluding hydrogens is 387 g/mol. The van der Waals surface area contributed by atoms with Crippen molar-refractivity contribution in [2.75, 3.05) is 19.7 Å². The molecule has 0 spiro atoms. The molecule has 2 heterocycles. The van der Waals surface area contributed by atoms with E-state index in [0.717, 1.165) is 24.8 Å². The van der Waals surface area contributed by atoms with E-state index in [1.165, 1.54) is 6.07 Å². The first kappa shape index (κ1) is 20.3. The first-order valence-corrected chi connectivity index (χ1v) is 10.3. The van der Waals surface area contributed by atoms with Gasteiger partial charge in [0.05, 0.1) is 23.8 Å². The molecule has 6 nitrogen and oxygen atoms in total. The zero-order valence-corrected chi connectivity index (χ0v) is 16.9. The number of esters is 1. The molecule has 2 aromatic carbocycles. The maximum atomic E-state index is 14.0. The van der Waals surface area contributed by atoms with Gasteiger partial charge in [-0.05, 0) is 50.1 Å². The summed E-state index contributed by atoms with van der Waals surface area (Å²) in [6.45, 7) is 4.01. The highest BCUT2D eigenvalue weighted by Gasteiger charge is 2.28. The number of aromatic nitrogens is 1. The second-order valence-electron chi connectivity index (χ2n) is 7.66. The highest BCUT2D eigenvalue weighted by Crippen LogP contribution is 2.32. The van der Waals surface area contributed by atoms with Gasteiger partial charge in [0.2, 0.25) is 0 Å². The topological polar surface area (TPSA) is 75.8 Å². The lowest BCUT2D eigenvalue weighted by atomic mass is 9.97. The normalized spacial score (nSPS) is 17.3. The van der Waals surface area contributed by atoms with E-state index in [9.17, 15) is 14.3 Å². The van der Waals surface area contributed by atoms with Gasteiger partial charge in [-0.1, -0.05) is 23.4 Å². The maximum absolute atomic E-state index is 14.0. The van der Waals surface area contributed by atoms with Crippen molar-refractivity contribution in [1.29, 1.82) is 0 Å². The number of carbonyl (C=O) groups is 1. The van der Waals surface area contributed by atoms with Crippen LogP contribution in [0, 0.1) is 11.7 Å². The molecule has 158 valence electrons. The number of phenolic OH excluding ortho intramolecular Hbond substituents is 1. The lowest BCUT2D eigenvalue weighted by Gasteiger charge is -2.31. The number of hydrogen-bond acceptors (Lipinski definition) is 6. The van der Waals surface area contributed by atoms with Crippen LogP contribution in [0.25, 0.3) is 11.0 Å². The van der Waals surface area contributed by atoms with E-state index in [0.29, 0.717) is 48.5 Å². The average Bonchev–Trinajstić information content (AvgIpc) is 3.15. The van der Waals surface area contributed by atoms with Crippen molar-refractivity contribution in [2.45, 2.75) is 32.7 Å². The number of halogens is 1. The van der Waals surface area contributed by atoms with Gasteiger partial charge < -0.3 is 14.4 Å². The molecule has 0 bridgehead atoms. The van der Waals surface area contributed by atoms with Crippen molar-refractivity contribution in [2.24, 2.45) is 5.92 Å². The van der Waals surface area contributed by atoms with Crippen LogP contribution in [0.2, 0.25) is 0 Å². The molecule has 30 heavy (non-hydrogen) atoms. The molecule has 0 amide bonds. The number of nitrogens with zero attached hydrogens (tertiary/aromatic N) is 2. The van der Waals surface area contributed by atoms with E-state index in [4.69, 9.17) is 9.26 Å². The molecule has 0 radical (unpaired) electrons. The van der Waals surface area contributed by atoms with Crippen molar-refractivity contribution in [1.82, 2.24) is 10.1 Å². The first-order valence-electron chi connectivity index (χ1n) is 10.3. The first-order chi connectivity index (χ1) is 14.6. The molecule has 0 saturated carbocycles. The molecule has 1 saturated heterocycles. The molecule has 1 aliphatic heterocycles. The molecule has 1 N–H and O–H groups in total. The van der Waals surface area contributed by atoms with Crippen molar-refractivity contribution >= 4 is 16.9 Å². The van der Waals surface area contributed by atoms with Crippen LogP contribution in [0.1, 0.15) is 36.6 Å². The van der Waals surface area contributed by atoms with Gasteiger partial charge in [-0.3, -0.25) is 9.69 Å². The summed E-state index contributed by atoms with van der Waals surface area (Å²) >= 11 is 0. The fourth-order valence-electron chi connectivity index (χ4n) is 4.08. The molecule has 1 unspecified atom stereocenters. The predicted molar refractivity (Wildman–Crippen MR) is 110 cm³/mol. The number of phenols is 1. The van der Waals surface area contributed by atoms with Gasteiger partial charge in [-0.25, -0.2) is 4.39 Å². The van der Waals surface area contributed by atoms with Crippen LogP contribution in [-0.4, -0.2) is 40.8 Å². The number of hydrogen-bond donors (Lipinski definition) is 1. The molecule has 1 aromatic heterocycles. The van der Waals surface area contributed by atoms with Crippen LogP contribution in [0.5, 0.6) is 5.75 Å². The highest BCUT2D eigenvalue weighted by atomic mass is 19.1.